The summed E-state index contributed by atoms with van der Waals surface area (Å²) in [6.45, 7) is 1.55. The first-order chi connectivity index (χ1) is 11.6. The van der Waals surface area contributed by atoms with E-state index in [9.17, 15) is 22.2 Å². The summed E-state index contributed by atoms with van der Waals surface area (Å²) < 4.78 is 60.6. The lowest BCUT2D eigenvalue weighted by molar-refractivity contribution is -0.137. The van der Waals surface area contributed by atoms with Crippen LogP contribution in [-0.2, 0) is 20.6 Å². The van der Waals surface area contributed by atoms with E-state index in [4.69, 9.17) is 0 Å². The quantitative estimate of drug-likeness (QED) is 0.772. The molecule has 0 spiro atoms. The van der Waals surface area contributed by atoms with Crippen LogP contribution in [0.4, 0.5) is 13.2 Å². The Balaban J connectivity index is 2.76. The summed E-state index contributed by atoms with van der Waals surface area (Å²) in [7, 11) is -1.33. The number of aromatic nitrogens is 2. The van der Waals surface area contributed by atoms with Crippen LogP contribution in [-0.4, -0.2) is 34.5 Å². The van der Waals surface area contributed by atoms with Gasteiger partial charge in [0, 0.05) is 7.05 Å². The normalized spacial score (nSPS) is 13.8. The van der Waals surface area contributed by atoms with Gasteiger partial charge in [0.2, 0.25) is 0 Å². The van der Waals surface area contributed by atoms with Crippen molar-refractivity contribution in [2.75, 3.05) is 14.2 Å². The number of carbonyl (C=O) groups excluding carboxylic acids is 1. The van der Waals surface area contributed by atoms with Crippen LogP contribution in [0.5, 0.6) is 0 Å². The summed E-state index contributed by atoms with van der Waals surface area (Å²) in [6.07, 6.45) is -4.62. The van der Waals surface area contributed by atoms with E-state index in [2.05, 4.69) is 19.3 Å². The number of alkyl halides is 3. The minimum Gasteiger partial charge on any atom is -0.465 e. The van der Waals surface area contributed by atoms with Gasteiger partial charge in [-0.1, -0.05) is 6.07 Å². The SMILES string of the molecule is CN=S(=O)(c1cccc(C(F)(F)F)c1)c1nnc(C)cc1C(=O)OC. The number of benzene rings is 1. The van der Waals surface area contributed by atoms with Crippen molar-refractivity contribution in [3.8, 4) is 0 Å². The number of rotatable bonds is 3. The molecule has 0 bridgehead atoms. The zero-order valence-corrected chi connectivity index (χ0v) is 14.3. The van der Waals surface area contributed by atoms with Crippen molar-refractivity contribution in [1.82, 2.24) is 10.2 Å². The number of ether oxygens (including phenoxy) is 1. The van der Waals surface area contributed by atoms with Crippen molar-refractivity contribution in [2.24, 2.45) is 4.36 Å². The van der Waals surface area contributed by atoms with Gasteiger partial charge in [0.25, 0.3) is 0 Å². The van der Waals surface area contributed by atoms with Crippen molar-refractivity contribution in [3.05, 3.63) is 47.2 Å². The van der Waals surface area contributed by atoms with Crippen LogP contribution in [0.2, 0.25) is 0 Å². The first-order valence-corrected chi connectivity index (χ1v) is 8.40. The van der Waals surface area contributed by atoms with Gasteiger partial charge in [0.05, 0.1) is 28.8 Å². The monoisotopic (exact) mass is 373 g/mol. The molecule has 0 fully saturated rings. The third-order valence-electron chi connectivity index (χ3n) is 3.29. The number of aryl methyl sites for hydroxylation is 1. The molecule has 0 saturated heterocycles. The maximum atomic E-state index is 13.3. The Morgan fingerprint density at radius 3 is 2.48 bits per heavy atom. The Morgan fingerprint density at radius 2 is 1.92 bits per heavy atom. The molecule has 0 N–H and O–H groups in total. The smallest absolute Gasteiger partial charge is 0.416 e. The minimum absolute atomic E-state index is 0.164. The number of methoxy groups -OCH3 is 1. The van der Waals surface area contributed by atoms with E-state index in [1.54, 1.807) is 6.92 Å². The number of halogens is 3. The average molecular weight is 373 g/mol. The summed E-state index contributed by atoms with van der Waals surface area (Å²) in [5.74, 6) is -0.837. The Morgan fingerprint density at radius 1 is 1.24 bits per heavy atom. The summed E-state index contributed by atoms with van der Waals surface area (Å²) in [4.78, 5) is 11.7. The Kier molecular flexibility index (Phi) is 5.12. The summed E-state index contributed by atoms with van der Waals surface area (Å²) in [5.41, 5.74) is -0.796. The highest BCUT2D eigenvalue weighted by Gasteiger charge is 2.33. The second-order valence-corrected chi connectivity index (χ2v) is 7.21. The van der Waals surface area contributed by atoms with E-state index in [-0.39, 0.29) is 15.5 Å². The van der Waals surface area contributed by atoms with Crippen molar-refractivity contribution in [2.45, 2.75) is 23.0 Å². The highest BCUT2D eigenvalue weighted by atomic mass is 32.2. The topological polar surface area (TPSA) is 81.5 Å². The second kappa shape index (κ2) is 6.79. The molecule has 25 heavy (non-hydrogen) atoms. The zero-order valence-electron chi connectivity index (χ0n) is 13.5. The van der Waals surface area contributed by atoms with Gasteiger partial charge in [0.1, 0.15) is 9.73 Å². The van der Waals surface area contributed by atoms with Crippen LogP contribution in [0.25, 0.3) is 0 Å². The molecule has 2 rings (SSSR count). The van der Waals surface area contributed by atoms with Gasteiger partial charge >= 0.3 is 12.1 Å². The second-order valence-electron chi connectivity index (χ2n) is 4.93. The lowest BCUT2D eigenvalue weighted by Gasteiger charge is -2.14. The molecular weight excluding hydrogens is 359 g/mol. The van der Waals surface area contributed by atoms with Crippen LogP contribution in [0.15, 0.2) is 44.6 Å². The largest absolute Gasteiger partial charge is 0.465 e. The first kappa shape index (κ1) is 18.8. The van der Waals surface area contributed by atoms with Crippen molar-refractivity contribution in [3.63, 3.8) is 0 Å². The van der Waals surface area contributed by atoms with E-state index in [1.807, 2.05) is 0 Å². The lowest BCUT2D eigenvalue weighted by atomic mass is 10.2. The van der Waals surface area contributed by atoms with E-state index >= 15 is 0 Å². The molecule has 1 atom stereocenters. The highest BCUT2D eigenvalue weighted by Crippen LogP contribution is 2.33. The van der Waals surface area contributed by atoms with Crippen molar-refractivity contribution < 1.29 is 26.9 Å². The first-order valence-electron chi connectivity index (χ1n) is 6.88. The molecule has 6 nitrogen and oxygen atoms in total. The minimum atomic E-state index is -4.62. The van der Waals surface area contributed by atoms with E-state index in [1.165, 1.54) is 19.2 Å². The predicted molar refractivity (Wildman–Crippen MR) is 82.6 cm³/mol. The van der Waals surface area contributed by atoms with Gasteiger partial charge in [0.15, 0.2) is 5.03 Å². The molecule has 1 unspecified atom stereocenters. The molecule has 10 heteroatoms. The fourth-order valence-electron chi connectivity index (χ4n) is 2.09. The van der Waals surface area contributed by atoms with Gasteiger partial charge in [-0.3, -0.25) is 0 Å². The molecule has 0 radical (unpaired) electrons. The standard InChI is InChI=1S/C15H14F3N3O3S/c1-9-7-12(14(22)24-3)13(21-20-9)25(23,19-2)11-6-4-5-10(8-11)15(16,17)18/h4-8H,1-3H3. The number of carbonyl (C=O) groups is 1. The summed E-state index contributed by atoms with van der Waals surface area (Å²) in [6, 6.07) is 5.21. The molecule has 0 aliphatic rings. The average Bonchev–Trinajstić information content (AvgIpc) is 2.59. The molecule has 0 aliphatic carbocycles. The Bertz CT molecular complexity index is 935. The molecule has 0 saturated carbocycles. The van der Waals surface area contributed by atoms with Crippen LogP contribution < -0.4 is 0 Å². The lowest BCUT2D eigenvalue weighted by Crippen LogP contribution is -2.15. The van der Waals surface area contributed by atoms with Crippen LogP contribution in [0.1, 0.15) is 21.6 Å². The third-order valence-corrected chi connectivity index (χ3v) is 5.52. The number of nitrogens with zero attached hydrogens (tertiary/aromatic N) is 3. The molecule has 0 amide bonds. The fourth-order valence-corrected chi connectivity index (χ4v) is 3.83. The van der Waals surface area contributed by atoms with Crippen molar-refractivity contribution in [1.29, 1.82) is 0 Å². The summed E-state index contributed by atoms with van der Waals surface area (Å²) in [5, 5.41) is 7.16. The molecule has 0 aliphatic heterocycles. The molecule has 1 aromatic carbocycles. The number of hydrogen-bond donors (Lipinski definition) is 0. The van der Waals surface area contributed by atoms with Gasteiger partial charge in [-0.05, 0) is 31.2 Å². The maximum absolute atomic E-state index is 13.3. The molecule has 1 heterocycles. The fraction of sp³-hybridized carbons (Fsp3) is 0.267. The molecule has 2 aromatic rings. The van der Waals surface area contributed by atoms with Gasteiger partial charge < -0.3 is 4.74 Å². The van der Waals surface area contributed by atoms with E-state index in [0.29, 0.717) is 5.69 Å². The Hall–Kier alpha value is -2.49. The van der Waals surface area contributed by atoms with Gasteiger partial charge in [-0.2, -0.15) is 18.3 Å². The van der Waals surface area contributed by atoms with Crippen molar-refractivity contribution >= 4 is 15.7 Å². The van der Waals surface area contributed by atoms with Crippen LogP contribution in [0.3, 0.4) is 0 Å². The Labute approximate surface area is 142 Å². The van der Waals surface area contributed by atoms with E-state index in [0.717, 1.165) is 25.3 Å². The zero-order chi connectivity index (χ0) is 18.8. The highest BCUT2D eigenvalue weighted by molar-refractivity contribution is 7.93. The van der Waals surface area contributed by atoms with Crippen LogP contribution in [0, 0.1) is 6.92 Å². The summed E-state index contributed by atoms with van der Waals surface area (Å²) >= 11 is 0. The van der Waals surface area contributed by atoms with Gasteiger partial charge in [-0.25, -0.2) is 13.4 Å². The van der Waals surface area contributed by atoms with Crippen LogP contribution >= 0.6 is 0 Å². The van der Waals surface area contributed by atoms with E-state index < -0.39 is 27.4 Å². The molecule has 1 aromatic heterocycles. The molecular formula is C15H14F3N3O3S. The number of hydrogen-bond acceptors (Lipinski definition) is 6. The van der Waals surface area contributed by atoms with Gasteiger partial charge in [-0.15, -0.1) is 5.10 Å². The number of esters is 1. The third kappa shape index (κ3) is 3.63. The predicted octanol–water partition coefficient (Wildman–Crippen LogP) is 3.11. The molecule has 134 valence electrons. The maximum Gasteiger partial charge on any atom is 0.416 e.